The highest BCUT2D eigenvalue weighted by Gasteiger charge is 2.27. The van der Waals surface area contributed by atoms with Gasteiger partial charge in [-0.15, -0.1) is 0 Å². The molecule has 0 aliphatic carbocycles. The van der Waals surface area contributed by atoms with E-state index in [1.807, 2.05) is 43.3 Å². The molecule has 1 aromatic heterocycles. The molecule has 2 heterocycles. The minimum absolute atomic E-state index is 0.0412. The van der Waals surface area contributed by atoms with Gasteiger partial charge in [-0.05, 0) is 60.6 Å². The number of anilines is 1. The van der Waals surface area contributed by atoms with E-state index in [0.29, 0.717) is 22.3 Å². The largest absolute Gasteiger partial charge is 0.376 e. The summed E-state index contributed by atoms with van der Waals surface area (Å²) in [4.78, 5) is 20.1. The summed E-state index contributed by atoms with van der Waals surface area (Å²) in [5.74, 6) is -0.0474. The first kappa shape index (κ1) is 21.3. The number of amides is 1. The number of carbonyl (C=O) groups excluding carboxylic acids is 1. The molecule has 0 radical (unpaired) electrons. The zero-order chi connectivity index (χ0) is 21.5. The molecule has 0 saturated carbocycles. The van der Waals surface area contributed by atoms with E-state index in [4.69, 9.17) is 21.3 Å². The van der Waals surface area contributed by atoms with Crippen molar-refractivity contribution in [2.45, 2.75) is 52.1 Å². The fourth-order valence-electron chi connectivity index (χ4n) is 3.71. The van der Waals surface area contributed by atoms with Gasteiger partial charge in [-0.25, -0.2) is 4.98 Å². The molecule has 1 aliphatic rings. The smallest absolute Gasteiger partial charge is 0.260 e. The van der Waals surface area contributed by atoms with Gasteiger partial charge in [0.25, 0.3) is 5.91 Å². The lowest BCUT2D eigenvalue weighted by Gasteiger charge is -2.24. The van der Waals surface area contributed by atoms with Crippen LogP contribution in [0.4, 0.5) is 5.13 Å². The Morgan fingerprint density at radius 3 is 2.60 bits per heavy atom. The van der Waals surface area contributed by atoms with Crippen LogP contribution >= 0.6 is 22.9 Å². The van der Waals surface area contributed by atoms with E-state index < -0.39 is 0 Å². The van der Waals surface area contributed by atoms with Crippen molar-refractivity contribution in [3.05, 3.63) is 58.1 Å². The Morgan fingerprint density at radius 2 is 1.97 bits per heavy atom. The Morgan fingerprint density at radius 1 is 1.23 bits per heavy atom. The molecule has 1 atom stereocenters. The van der Waals surface area contributed by atoms with Crippen LogP contribution in [-0.4, -0.2) is 30.1 Å². The fraction of sp³-hybridized carbons (Fsp3) is 0.417. The lowest BCUT2D eigenvalue weighted by atomic mass is 9.86. The summed E-state index contributed by atoms with van der Waals surface area (Å²) >= 11 is 7.81. The Bertz CT molecular complexity index is 1060. The number of thiazole rings is 1. The Balaban J connectivity index is 1.71. The molecule has 3 aromatic rings. The van der Waals surface area contributed by atoms with Crippen molar-refractivity contribution < 1.29 is 9.53 Å². The minimum Gasteiger partial charge on any atom is -0.376 e. The first-order valence-corrected chi connectivity index (χ1v) is 11.5. The Kier molecular flexibility index (Phi) is 5.88. The molecule has 30 heavy (non-hydrogen) atoms. The topological polar surface area (TPSA) is 42.4 Å². The highest BCUT2D eigenvalue weighted by Crippen LogP contribution is 2.35. The Hall–Kier alpha value is -1.95. The zero-order valence-electron chi connectivity index (χ0n) is 17.9. The third-order valence-electron chi connectivity index (χ3n) is 5.62. The number of benzene rings is 2. The van der Waals surface area contributed by atoms with Gasteiger partial charge in [0.2, 0.25) is 0 Å². The average Bonchev–Trinajstić information content (AvgIpc) is 3.38. The van der Waals surface area contributed by atoms with Gasteiger partial charge < -0.3 is 4.74 Å². The van der Waals surface area contributed by atoms with Gasteiger partial charge >= 0.3 is 0 Å². The predicted molar refractivity (Wildman–Crippen MR) is 125 cm³/mol. The molecule has 0 bridgehead atoms. The van der Waals surface area contributed by atoms with Crippen LogP contribution in [0.1, 0.15) is 55.1 Å². The number of rotatable bonds is 4. The van der Waals surface area contributed by atoms with Crippen LogP contribution in [0.15, 0.2) is 36.4 Å². The minimum atomic E-state index is -0.0474. The van der Waals surface area contributed by atoms with Crippen molar-refractivity contribution >= 4 is 44.2 Å². The maximum Gasteiger partial charge on any atom is 0.260 e. The van der Waals surface area contributed by atoms with Crippen LogP contribution in [0.5, 0.6) is 0 Å². The summed E-state index contributed by atoms with van der Waals surface area (Å²) in [5.41, 5.74) is 3.71. The van der Waals surface area contributed by atoms with E-state index in [2.05, 4.69) is 20.8 Å². The monoisotopic (exact) mass is 442 g/mol. The number of fused-ring (bicyclic) bond motifs is 1. The van der Waals surface area contributed by atoms with Gasteiger partial charge in [0, 0.05) is 17.2 Å². The van der Waals surface area contributed by atoms with Gasteiger partial charge in [-0.1, -0.05) is 55.8 Å². The summed E-state index contributed by atoms with van der Waals surface area (Å²) in [6.45, 7) is 9.73. The molecule has 1 fully saturated rings. The van der Waals surface area contributed by atoms with Crippen LogP contribution < -0.4 is 4.90 Å². The lowest BCUT2D eigenvalue weighted by molar-refractivity contribution is 0.0917. The van der Waals surface area contributed by atoms with Gasteiger partial charge in [-0.2, -0.15) is 0 Å². The van der Waals surface area contributed by atoms with E-state index in [0.717, 1.165) is 35.2 Å². The van der Waals surface area contributed by atoms with Crippen LogP contribution in [0.25, 0.3) is 10.2 Å². The summed E-state index contributed by atoms with van der Waals surface area (Å²) in [5, 5.41) is 1.38. The first-order chi connectivity index (χ1) is 14.2. The molecule has 158 valence electrons. The Labute approximate surface area is 186 Å². The second kappa shape index (κ2) is 8.29. The molecule has 2 aromatic carbocycles. The van der Waals surface area contributed by atoms with Gasteiger partial charge in [0.1, 0.15) is 0 Å². The highest BCUT2D eigenvalue weighted by atomic mass is 35.5. The summed E-state index contributed by atoms with van der Waals surface area (Å²) < 4.78 is 6.86. The lowest BCUT2D eigenvalue weighted by Crippen LogP contribution is -2.37. The maximum atomic E-state index is 13.5. The maximum absolute atomic E-state index is 13.5. The number of nitrogens with zero attached hydrogens (tertiary/aromatic N) is 2. The molecule has 1 amide bonds. The fourth-order valence-corrected chi connectivity index (χ4v) is 4.90. The predicted octanol–water partition coefficient (Wildman–Crippen LogP) is 6.38. The van der Waals surface area contributed by atoms with Crippen molar-refractivity contribution in [3.63, 3.8) is 0 Å². The quantitative estimate of drug-likeness (QED) is 0.470. The second-order valence-electron chi connectivity index (χ2n) is 8.89. The molecule has 1 unspecified atom stereocenters. The molecule has 4 rings (SSSR count). The molecule has 4 nitrogen and oxygen atoms in total. The molecule has 0 N–H and O–H groups in total. The molecule has 1 saturated heterocycles. The van der Waals surface area contributed by atoms with Crippen LogP contribution in [-0.2, 0) is 10.2 Å². The van der Waals surface area contributed by atoms with Crippen LogP contribution in [0.2, 0.25) is 5.02 Å². The number of aromatic nitrogens is 1. The van der Waals surface area contributed by atoms with Crippen molar-refractivity contribution in [2.75, 3.05) is 18.1 Å². The van der Waals surface area contributed by atoms with Gasteiger partial charge in [0.05, 0.1) is 22.9 Å². The number of hydrogen-bond donors (Lipinski definition) is 0. The van der Waals surface area contributed by atoms with Crippen molar-refractivity contribution in [1.82, 2.24) is 4.98 Å². The first-order valence-electron chi connectivity index (χ1n) is 10.3. The van der Waals surface area contributed by atoms with E-state index in [9.17, 15) is 4.79 Å². The molecular formula is C24H27ClN2O2S. The number of hydrogen-bond acceptors (Lipinski definition) is 4. The van der Waals surface area contributed by atoms with Crippen molar-refractivity contribution in [2.24, 2.45) is 0 Å². The van der Waals surface area contributed by atoms with E-state index in [1.54, 1.807) is 4.90 Å². The average molecular weight is 443 g/mol. The summed E-state index contributed by atoms with van der Waals surface area (Å²) in [6.07, 6.45) is 2.03. The summed E-state index contributed by atoms with van der Waals surface area (Å²) in [6, 6.07) is 11.8. The summed E-state index contributed by atoms with van der Waals surface area (Å²) in [7, 11) is 0. The molecule has 1 aliphatic heterocycles. The van der Waals surface area contributed by atoms with Crippen molar-refractivity contribution in [3.8, 4) is 0 Å². The van der Waals surface area contributed by atoms with Crippen LogP contribution in [0.3, 0.4) is 0 Å². The number of halogens is 1. The standard InChI is InChI=1S/C24H27ClN2O2S/c1-15-19(25)11-12-20-21(15)26-23(30-20)27(14-18-6-5-13-29-18)22(28)16-7-9-17(10-8-16)24(2,3)4/h7-12,18H,5-6,13-14H2,1-4H3. The van der Waals surface area contributed by atoms with E-state index >= 15 is 0 Å². The highest BCUT2D eigenvalue weighted by molar-refractivity contribution is 7.22. The van der Waals surface area contributed by atoms with E-state index in [-0.39, 0.29) is 17.4 Å². The van der Waals surface area contributed by atoms with E-state index in [1.165, 1.54) is 16.9 Å². The third kappa shape index (κ3) is 4.25. The molecule has 6 heteroatoms. The van der Waals surface area contributed by atoms with Crippen LogP contribution in [0, 0.1) is 6.92 Å². The molecular weight excluding hydrogens is 416 g/mol. The normalized spacial score (nSPS) is 16.9. The van der Waals surface area contributed by atoms with Gasteiger partial charge in [0.15, 0.2) is 5.13 Å². The van der Waals surface area contributed by atoms with Gasteiger partial charge in [-0.3, -0.25) is 9.69 Å². The number of carbonyl (C=O) groups is 1. The number of aryl methyl sites for hydroxylation is 1. The number of ether oxygens (including phenoxy) is 1. The SMILES string of the molecule is Cc1c(Cl)ccc2sc(N(CC3CCCO3)C(=O)c3ccc(C(C)(C)C)cc3)nc12. The molecule has 0 spiro atoms. The second-order valence-corrected chi connectivity index (χ2v) is 10.3. The van der Waals surface area contributed by atoms with Crippen molar-refractivity contribution in [1.29, 1.82) is 0 Å². The third-order valence-corrected chi connectivity index (χ3v) is 7.07. The zero-order valence-corrected chi connectivity index (χ0v) is 19.4.